The van der Waals surface area contributed by atoms with E-state index in [9.17, 15) is 9.18 Å². The Morgan fingerprint density at radius 3 is 2.67 bits per heavy atom. The van der Waals surface area contributed by atoms with Gasteiger partial charge in [0.1, 0.15) is 5.82 Å². The molecule has 0 aliphatic heterocycles. The third kappa shape index (κ3) is 3.89. The molecule has 0 saturated heterocycles. The number of hydrogen-bond donors (Lipinski definition) is 2. The van der Waals surface area contributed by atoms with Crippen molar-refractivity contribution in [2.45, 2.75) is 19.9 Å². The fourth-order valence-electron chi connectivity index (χ4n) is 2.15. The molecule has 2 N–H and O–H groups in total. The highest BCUT2D eigenvalue weighted by Gasteiger charge is 2.11. The van der Waals surface area contributed by atoms with E-state index in [1.54, 1.807) is 18.2 Å². The van der Waals surface area contributed by atoms with Crippen LogP contribution in [0.15, 0.2) is 48.5 Å². The third-order valence-corrected chi connectivity index (χ3v) is 3.27. The van der Waals surface area contributed by atoms with Crippen molar-refractivity contribution in [2.24, 2.45) is 0 Å². The van der Waals surface area contributed by atoms with E-state index in [2.05, 4.69) is 17.6 Å². The molecule has 1 amide bonds. The first kappa shape index (κ1) is 15.2. The average Bonchev–Trinajstić information content (AvgIpc) is 2.48. The Labute approximate surface area is 124 Å². The van der Waals surface area contributed by atoms with Crippen molar-refractivity contribution in [2.75, 3.05) is 11.9 Å². The fraction of sp³-hybridized carbons (Fsp3) is 0.235. The second-order valence-electron chi connectivity index (χ2n) is 4.84. The van der Waals surface area contributed by atoms with Crippen LogP contribution in [0.5, 0.6) is 0 Å². The van der Waals surface area contributed by atoms with Crippen molar-refractivity contribution in [1.82, 2.24) is 5.32 Å². The molecule has 0 aliphatic carbocycles. The van der Waals surface area contributed by atoms with Crippen molar-refractivity contribution in [3.05, 3.63) is 65.5 Å². The summed E-state index contributed by atoms with van der Waals surface area (Å²) in [5, 5.41) is 6.04. The predicted octanol–water partition coefficient (Wildman–Crippen LogP) is 3.75. The molecule has 0 aliphatic rings. The first-order valence-corrected chi connectivity index (χ1v) is 7.01. The van der Waals surface area contributed by atoms with Crippen LogP contribution in [0.4, 0.5) is 10.1 Å². The van der Waals surface area contributed by atoms with E-state index in [1.165, 1.54) is 12.1 Å². The Hall–Kier alpha value is -2.20. The molecule has 110 valence electrons. The van der Waals surface area contributed by atoms with Gasteiger partial charge in [0, 0.05) is 11.7 Å². The van der Waals surface area contributed by atoms with E-state index < -0.39 is 11.7 Å². The average molecular weight is 286 g/mol. The molecule has 3 nitrogen and oxygen atoms in total. The van der Waals surface area contributed by atoms with Gasteiger partial charge in [-0.15, -0.1) is 0 Å². The van der Waals surface area contributed by atoms with Crippen molar-refractivity contribution in [3.8, 4) is 0 Å². The Balaban J connectivity index is 2.15. The highest BCUT2D eigenvalue weighted by atomic mass is 19.1. The first-order valence-electron chi connectivity index (χ1n) is 7.01. The number of hydrogen-bond acceptors (Lipinski definition) is 2. The van der Waals surface area contributed by atoms with Crippen LogP contribution in [0.25, 0.3) is 0 Å². The van der Waals surface area contributed by atoms with Gasteiger partial charge in [-0.2, -0.15) is 0 Å². The van der Waals surface area contributed by atoms with E-state index in [1.807, 2.05) is 25.1 Å². The van der Waals surface area contributed by atoms with Gasteiger partial charge in [-0.25, -0.2) is 4.39 Å². The Bertz CT molecular complexity index is 628. The summed E-state index contributed by atoms with van der Waals surface area (Å²) >= 11 is 0. The van der Waals surface area contributed by atoms with Crippen LogP contribution in [0.2, 0.25) is 0 Å². The van der Waals surface area contributed by atoms with Crippen molar-refractivity contribution >= 4 is 11.6 Å². The zero-order valence-electron chi connectivity index (χ0n) is 12.2. The maximum absolute atomic E-state index is 13.6. The lowest BCUT2D eigenvalue weighted by molar-refractivity contribution is 0.102. The van der Waals surface area contributed by atoms with Gasteiger partial charge in [-0.3, -0.25) is 4.79 Å². The second kappa shape index (κ2) is 6.99. The van der Waals surface area contributed by atoms with Gasteiger partial charge >= 0.3 is 0 Å². The van der Waals surface area contributed by atoms with E-state index in [-0.39, 0.29) is 11.6 Å². The van der Waals surface area contributed by atoms with Crippen LogP contribution >= 0.6 is 0 Å². The molecule has 4 heteroatoms. The maximum atomic E-state index is 13.6. The monoisotopic (exact) mass is 286 g/mol. The summed E-state index contributed by atoms with van der Waals surface area (Å²) in [6.45, 7) is 4.97. The van der Waals surface area contributed by atoms with Gasteiger partial charge in [0.2, 0.25) is 0 Å². The zero-order chi connectivity index (χ0) is 15.2. The second-order valence-corrected chi connectivity index (χ2v) is 4.84. The molecule has 21 heavy (non-hydrogen) atoms. The SMILES string of the molecule is CCNC(C)c1cccc(NC(=O)c2ccccc2F)c1. The minimum Gasteiger partial charge on any atom is -0.322 e. The standard InChI is InChI=1S/C17H19FN2O/c1-3-19-12(2)13-7-6-8-14(11-13)20-17(21)15-9-4-5-10-16(15)18/h4-12,19H,3H2,1-2H3,(H,20,21). The quantitative estimate of drug-likeness (QED) is 0.879. The minimum absolute atomic E-state index is 0.0441. The maximum Gasteiger partial charge on any atom is 0.258 e. The summed E-state index contributed by atoms with van der Waals surface area (Å²) in [7, 11) is 0. The summed E-state index contributed by atoms with van der Waals surface area (Å²) < 4.78 is 13.6. The van der Waals surface area contributed by atoms with Gasteiger partial charge in [0.05, 0.1) is 5.56 Å². The summed E-state index contributed by atoms with van der Waals surface area (Å²) in [4.78, 5) is 12.1. The fourth-order valence-corrected chi connectivity index (χ4v) is 2.15. The van der Waals surface area contributed by atoms with E-state index in [4.69, 9.17) is 0 Å². The normalized spacial score (nSPS) is 12.0. The highest BCUT2D eigenvalue weighted by Crippen LogP contribution is 2.18. The smallest absolute Gasteiger partial charge is 0.258 e. The van der Waals surface area contributed by atoms with Crippen LogP contribution in [0.1, 0.15) is 35.8 Å². The minimum atomic E-state index is -0.521. The van der Waals surface area contributed by atoms with Crippen molar-refractivity contribution in [1.29, 1.82) is 0 Å². The number of anilines is 1. The summed E-state index contributed by atoms with van der Waals surface area (Å²) in [5.74, 6) is -0.964. The number of carbonyl (C=O) groups excluding carboxylic acids is 1. The molecule has 0 saturated carbocycles. The van der Waals surface area contributed by atoms with Gasteiger partial charge in [0.15, 0.2) is 0 Å². The topological polar surface area (TPSA) is 41.1 Å². The molecule has 0 spiro atoms. The number of amides is 1. The van der Waals surface area contributed by atoms with Gasteiger partial charge in [-0.05, 0) is 43.3 Å². The lowest BCUT2D eigenvalue weighted by Crippen LogP contribution is -2.18. The van der Waals surface area contributed by atoms with E-state index in [0.717, 1.165) is 12.1 Å². The van der Waals surface area contributed by atoms with E-state index >= 15 is 0 Å². The van der Waals surface area contributed by atoms with Crippen LogP contribution in [0, 0.1) is 5.82 Å². The Kier molecular flexibility index (Phi) is 5.06. The Morgan fingerprint density at radius 1 is 1.19 bits per heavy atom. The number of nitrogens with one attached hydrogen (secondary N) is 2. The molecule has 0 bridgehead atoms. The van der Waals surface area contributed by atoms with Crippen LogP contribution < -0.4 is 10.6 Å². The molecular formula is C17H19FN2O. The number of rotatable bonds is 5. The lowest BCUT2D eigenvalue weighted by atomic mass is 10.1. The van der Waals surface area contributed by atoms with Crippen molar-refractivity contribution < 1.29 is 9.18 Å². The predicted molar refractivity (Wildman–Crippen MR) is 82.9 cm³/mol. The molecule has 0 aromatic heterocycles. The van der Waals surface area contributed by atoms with Crippen LogP contribution in [-0.2, 0) is 0 Å². The van der Waals surface area contributed by atoms with Crippen LogP contribution in [-0.4, -0.2) is 12.5 Å². The third-order valence-electron chi connectivity index (χ3n) is 3.27. The molecule has 1 atom stereocenters. The molecule has 0 fully saturated rings. The zero-order valence-corrected chi connectivity index (χ0v) is 12.2. The number of carbonyl (C=O) groups is 1. The molecular weight excluding hydrogens is 267 g/mol. The van der Waals surface area contributed by atoms with Gasteiger partial charge < -0.3 is 10.6 Å². The molecule has 0 radical (unpaired) electrons. The number of benzene rings is 2. The van der Waals surface area contributed by atoms with Crippen LogP contribution in [0.3, 0.4) is 0 Å². The number of halogens is 1. The molecule has 2 rings (SSSR count). The Morgan fingerprint density at radius 2 is 1.95 bits per heavy atom. The highest BCUT2D eigenvalue weighted by molar-refractivity contribution is 6.04. The lowest BCUT2D eigenvalue weighted by Gasteiger charge is -2.14. The van der Waals surface area contributed by atoms with Crippen molar-refractivity contribution in [3.63, 3.8) is 0 Å². The largest absolute Gasteiger partial charge is 0.322 e. The molecule has 0 heterocycles. The summed E-state index contributed by atoms with van der Waals surface area (Å²) in [6, 6.07) is 13.7. The molecule has 1 unspecified atom stereocenters. The first-order chi connectivity index (χ1) is 10.1. The molecule has 2 aromatic carbocycles. The van der Waals surface area contributed by atoms with Gasteiger partial charge in [0.25, 0.3) is 5.91 Å². The molecule has 2 aromatic rings. The van der Waals surface area contributed by atoms with E-state index in [0.29, 0.717) is 5.69 Å². The van der Waals surface area contributed by atoms with Gasteiger partial charge in [-0.1, -0.05) is 31.2 Å². The summed E-state index contributed by atoms with van der Waals surface area (Å²) in [5.41, 5.74) is 1.77. The summed E-state index contributed by atoms with van der Waals surface area (Å²) in [6.07, 6.45) is 0.